The van der Waals surface area contributed by atoms with Crippen LogP contribution in [0.5, 0.6) is 5.75 Å². The highest BCUT2D eigenvalue weighted by Gasteiger charge is 2.19. The third-order valence-corrected chi connectivity index (χ3v) is 3.07. The molecule has 2 nitrogen and oxygen atoms in total. The predicted octanol–water partition coefficient (Wildman–Crippen LogP) is 3.76. The van der Waals surface area contributed by atoms with Crippen molar-refractivity contribution in [3.63, 3.8) is 0 Å². The summed E-state index contributed by atoms with van der Waals surface area (Å²) in [6.07, 6.45) is 1.90. The molecule has 2 aromatic rings. The number of ether oxygens (including phenoxy) is 1. The molecule has 0 saturated carbocycles. The Bertz CT molecular complexity index is 624. The van der Waals surface area contributed by atoms with Gasteiger partial charge in [-0.25, -0.2) is 4.39 Å². The molecule has 0 aliphatic rings. The molecule has 0 aromatic heterocycles. The van der Waals surface area contributed by atoms with Crippen LogP contribution in [0.3, 0.4) is 0 Å². The zero-order valence-corrected chi connectivity index (χ0v) is 11.5. The van der Waals surface area contributed by atoms with Crippen LogP contribution in [0.4, 0.5) is 8.78 Å². The molecule has 0 radical (unpaired) electrons. The molecule has 110 valence electrons. The highest BCUT2D eigenvalue weighted by atomic mass is 19.2. The molecule has 0 fully saturated rings. The van der Waals surface area contributed by atoms with Gasteiger partial charge in [-0.3, -0.25) is 0 Å². The SMILES string of the molecule is C=CCc1cc(CO)c(F)c(F)c1OCc1ccccc1. The van der Waals surface area contributed by atoms with Gasteiger partial charge in [0.2, 0.25) is 5.82 Å². The second-order valence-electron chi connectivity index (χ2n) is 4.58. The molecule has 0 saturated heterocycles. The lowest BCUT2D eigenvalue weighted by Gasteiger charge is -2.14. The third-order valence-electron chi connectivity index (χ3n) is 3.07. The van der Waals surface area contributed by atoms with E-state index in [2.05, 4.69) is 6.58 Å². The van der Waals surface area contributed by atoms with E-state index in [-0.39, 0.29) is 17.9 Å². The maximum atomic E-state index is 14.1. The van der Waals surface area contributed by atoms with Crippen molar-refractivity contribution in [2.24, 2.45) is 0 Å². The van der Waals surface area contributed by atoms with E-state index in [9.17, 15) is 8.78 Å². The van der Waals surface area contributed by atoms with Crippen LogP contribution >= 0.6 is 0 Å². The second kappa shape index (κ2) is 6.99. The minimum absolute atomic E-state index is 0.0867. The second-order valence-corrected chi connectivity index (χ2v) is 4.58. The number of aliphatic hydroxyl groups is 1. The molecular weight excluding hydrogens is 274 g/mol. The molecule has 2 rings (SSSR count). The summed E-state index contributed by atoms with van der Waals surface area (Å²) in [6, 6.07) is 10.6. The summed E-state index contributed by atoms with van der Waals surface area (Å²) in [5.74, 6) is -2.28. The smallest absolute Gasteiger partial charge is 0.201 e. The predicted molar refractivity (Wildman–Crippen MR) is 77.0 cm³/mol. The van der Waals surface area contributed by atoms with Crippen LogP contribution in [0.1, 0.15) is 16.7 Å². The quantitative estimate of drug-likeness (QED) is 0.821. The first-order valence-electron chi connectivity index (χ1n) is 6.55. The van der Waals surface area contributed by atoms with Gasteiger partial charge in [0.1, 0.15) is 6.61 Å². The van der Waals surface area contributed by atoms with Crippen molar-refractivity contribution in [3.05, 3.63) is 77.4 Å². The van der Waals surface area contributed by atoms with E-state index >= 15 is 0 Å². The Morgan fingerprint density at radius 3 is 2.43 bits per heavy atom. The van der Waals surface area contributed by atoms with Gasteiger partial charge in [0.15, 0.2) is 11.6 Å². The maximum absolute atomic E-state index is 14.1. The van der Waals surface area contributed by atoms with Crippen molar-refractivity contribution >= 4 is 0 Å². The minimum atomic E-state index is -1.08. The van der Waals surface area contributed by atoms with E-state index in [0.29, 0.717) is 12.0 Å². The van der Waals surface area contributed by atoms with Crippen LogP contribution in [0, 0.1) is 11.6 Å². The zero-order valence-electron chi connectivity index (χ0n) is 11.5. The summed E-state index contributed by atoms with van der Waals surface area (Å²) in [4.78, 5) is 0. The number of rotatable bonds is 6. The van der Waals surface area contributed by atoms with Crippen molar-refractivity contribution in [1.29, 1.82) is 0 Å². The van der Waals surface area contributed by atoms with Gasteiger partial charge >= 0.3 is 0 Å². The van der Waals surface area contributed by atoms with Crippen LogP contribution < -0.4 is 4.74 Å². The van der Waals surface area contributed by atoms with E-state index in [0.717, 1.165) is 5.56 Å². The van der Waals surface area contributed by atoms with Crippen molar-refractivity contribution < 1.29 is 18.6 Å². The minimum Gasteiger partial charge on any atom is -0.485 e. The first kappa shape index (κ1) is 15.2. The Morgan fingerprint density at radius 1 is 1.10 bits per heavy atom. The molecule has 0 bridgehead atoms. The van der Waals surface area contributed by atoms with Gasteiger partial charge in [0, 0.05) is 11.1 Å². The van der Waals surface area contributed by atoms with E-state index in [4.69, 9.17) is 9.84 Å². The first-order chi connectivity index (χ1) is 10.2. The van der Waals surface area contributed by atoms with Crippen LogP contribution in [0.2, 0.25) is 0 Å². The Hall–Kier alpha value is -2.20. The maximum Gasteiger partial charge on any atom is 0.201 e. The largest absolute Gasteiger partial charge is 0.485 e. The zero-order chi connectivity index (χ0) is 15.2. The third kappa shape index (κ3) is 3.47. The fraction of sp³-hybridized carbons (Fsp3) is 0.176. The van der Waals surface area contributed by atoms with Gasteiger partial charge in [-0.2, -0.15) is 4.39 Å². The van der Waals surface area contributed by atoms with Crippen LogP contribution in [-0.4, -0.2) is 5.11 Å². The van der Waals surface area contributed by atoms with Crippen molar-refractivity contribution in [3.8, 4) is 5.75 Å². The summed E-state index contributed by atoms with van der Waals surface area (Å²) in [5, 5.41) is 9.06. The number of aliphatic hydroxyl groups excluding tert-OH is 1. The van der Waals surface area contributed by atoms with Gasteiger partial charge in [-0.1, -0.05) is 36.4 Å². The fourth-order valence-corrected chi connectivity index (χ4v) is 2.03. The topological polar surface area (TPSA) is 29.5 Å². The lowest BCUT2D eigenvalue weighted by Crippen LogP contribution is -2.05. The number of halogens is 2. The van der Waals surface area contributed by atoms with Crippen molar-refractivity contribution in [1.82, 2.24) is 0 Å². The molecule has 0 aliphatic heterocycles. The molecule has 2 aromatic carbocycles. The van der Waals surface area contributed by atoms with E-state index in [1.807, 2.05) is 30.3 Å². The molecule has 0 spiro atoms. The van der Waals surface area contributed by atoms with E-state index < -0.39 is 18.2 Å². The monoisotopic (exact) mass is 290 g/mol. The Morgan fingerprint density at radius 2 is 1.81 bits per heavy atom. The Labute approximate surface area is 122 Å². The Kier molecular flexibility index (Phi) is 5.06. The van der Waals surface area contributed by atoms with E-state index in [1.54, 1.807) is 6.08 Å². The number of hydrogen-bond donors (Lipinski definition) is 1. The van der Waals surface area contributed by atoms with Crippen LogP contribution in [0.25, 0.3) is 0 Å². The Balaban J connectivity index is 2.32. The average molecular weight is 290 g/mol. The number of hydrogen-bond acceptors (Lipinski definition) is 2. The van der Waals surface area contributed by atoms with Gasteiger partial charge in [-0.05, 0) is 18.1 Å². The molecule has 0 amide bonds. The highest BCUT2D eigenvalue weighted by Crippen LogP contribution is 2.29. The van der Waals surface area contributed by atoms with Gasteiger partial charge < -0.3 is 9.84 Å². The first-order valence-corrected chi connectivity index (χ1v) is 6.55. The molecule has 21 heavy (non-hydrogen) atoms. The lowest BCUT2D eigenvalue weighted by molar-refractivity contribution is 0.263. The highest BCUT2D eigenvalue weighted by molar-refractivity contribution is 5.41. The summed E-state index contributed by atoms with van der Waals surface area (Å²) in [7, 11) is 0. The number of benzene rings is 2. The molecule has 0 heterocycles. The van der Waals surface area contributed by atoms with Gasteiger partial charge in [0.05, 0.1) is 6.61 Å². The summed E-state index contributed by atoms with van der Waals surface area (Å²) in [6.45, 7) is 3.16. The fourth-order valence-electron chi connectivity index (χ4n) is 2.03. The average Bonchev–Trinajstić information content (AvgIpc) is 2.51. The van der Waals surface area contributed by atoms with E-state index in [1.165, 1.54) is 6.07 Å². The van der Waals surface area contributed by atoms with Crippen LogP contribution in [-0.2, 0) is 19.6 Å². The van der Waals surface area contributed by atoms with Gasteiger partial charge in [-0.15, -0.1) is 6.58 Å². The van der Waals surface area contributed by atoms with Crippen LogP contribution in [0.15, 0.2) is 49.1 Å². The summed E-state index contributed by atoms with van der Waals surface area (Å²) in [5.41, 5.74) is 1.23. The molecule has 4 heteroatoms. The number of allylic oxidation sites excluding steroid dienone is 1. The molecular formula is C17H16F2O2. The summed E-state index contributed by atoms with van der Waals surface area (Å²) >= 11 is 0. The molecule has 0 unspecified atom stereocenters. The van der Waals surface area contributed by atoms with Gasteiger partial charge in [0.25, 0.3) is 0 Å². The molecule has 0 aliphatic carbocycles. The summed E-state index contributed by atoms with van der Waals surface area (Å²) < 4.78 is 33.3. The molecule has 0 atom stereocenters. The lowest BCUT2D eigenvalue weighted by atomic mass is 10.1. The standard InChI is InChI=1S/C17H16F2O2/c1-2-6-13-9-14(10-20)15(18)16(19)17(13)21-11-12-7-4-3-5-8-12/h2-5,7-9,20H,1,6,10-11H2. The van der Waals surface area contributed by atoms with Crippen molar-refractivity contribution in [2.75, 3.05) is 0 Å². The molecule has 1 N–H and O–H groups in total. The van der Waals surface area contributed by atoms with Crippen molar-refractivity contribution in [2.45, 2.75) is 19.6 Å². The normalized spacial score (nSPS) is 10.4.